The molecule has 0 saturated heterocycles. The molecule has 0 atom stereocenters. The maximum Gasteiger partial charge on any atom is 0.237 e. The molecule has 0 bridgehead atoms. The molecule has 2 aromatic carbocycles. The number of thioether (sulfide) groups is 1. The van der Waals surface area contributed by atoms with Gasteiger partial charge in [0, 0.05) is 29.7 Å². The number of benzene rings is 2. The third kappa shape index (κ3) is 4.63. The lowest BCUT2D eigenvalue weighted by atomic mass is 10.1. The van der Waals surface area contributed by atoms with Crippen molar-refractivity contribution in [1.82, 2.24) is 0 Å². The molecule has 4 nitrogen and oxygen atoms in total. The summed E-state index contributed by atoms with van der Waals surface area (Å²) >= 11 is 1.53. The van der Waals surface area contributed by atoms with Crippen molar-refractivity contribution in [2.24, 2.45) is 0 Å². The minimum absolute atomic E-state index is 0.0876. The minimum Gasteiger partial charge on any atom is -0.326 e. The maximum absolute atomic E-state index is 12.7. The lowest BCUT2D eigenvalue weighted by Crippen LogP contribution is -2.33. The second-order valence-corrected chi connectivity index (χ2v) is 7.17. The molecule has 2 aromatic rings. The molecule has 5 heteroatoms. The Kier molecular flexibility index (Phi) is 5.76. The Labute approximate surface area is 152 Å². The Balaban J connectivity index is 1.63. The largest absolute Gasteiger partial charge is 0.326 e. The zero-order valence-electron chi connectivity index (χ0n) is 14.3. The second-order valence-electron chi connectivity index (χ2n) is 6.13. The molecule has 1 heterocycles. The molecule has 2 amide bonds. The van der Waals surface area contributed by atoms with E-state index in [4.69, 9.17) is 0 Å². The number of para-hydroxylation sites is 1. The number of nitrogens with zero attached hydrogens (tertiary/aromatic N) is 1. The van der Waals surface area contributed by atoms with E-state index in [0.717, 1.165) is 42.1 Å². The summed E-state index contributed by atoms with van der Waals surface area (Å²) in [7, 11) is 0. The van der Waals surface area contributed by atoms with Crippen molar-refractivity contribution >= 4 is 35.0 Å². The Morgan fingerprint density at radius 1 is 1.08 bits per heavy atom. The van der Waals surface area contributed by atoms with Gasteiger partial charge < -0.3 is 10.2 Å². The summed E-state index contributed by atoms with van der Waals surface area (Å²) < 4.78 is 0. The van der Waals surface area contributed by atoms with Crippen molar-refractivity contribution in [3.63, 3.8) is 0 Å². The van der Waals surface area contributed by atoms with Crippen molar-refractivity contribution in [2.45, 2.75) is 31.1 Å². The number of amides is 2. The van der Waals surface area contributed by atoms with Crippen LogP contribution in [0.5, 0.6) is 0 Å². The fourth-order valence-corrected chi connectivity index (χ4v) is 3.79. The molecule has 130 valence electrons. The van der Waals surface area contributed by atoms with Gasteiger partial charge in [-0.2, -0.15) is 0 Å². The molecule has 0 saturated carbocycles. The van der Waals surface area contributed by atoms with Crippen LogP contribution in [0.2, 0.25) is 0 Å². The number of fused-ring (bicyclic) bond motifs is 1. The first kappa shape index (κ1) is 17.5. The quantitative estimate of drug-likeness (QED) is 0.841. The summed E-state index contributed by atoms with van der Waals surface area (Å²) in [6, 6.07) is 15.8. The van der Waals surface area contributed by atoms with Crippen molar-refractivity contribution in [3.05, 3.63) is 54.1 Å². The predicted molar refractivity (Wildman–Crippen MR) is 103 cm³/mol. The van der Waals surface area contributed by atoms with E-state index in [2.05, 4.69) is 11.4 Å². The fraction of sp³-hybridized carbons (Fsp3) is 0.300. The first-order valence-electron chi connectivity index (χ1n) is 8.52. The number of aryl methyl sites for hydroxylation is 1. The van der Waals surface area contributed by atoms with Crippen LogP contribution in [0.15, 0.2) is 53.4 Å². The van der Waals surface area contributed by atoms with Gasteiger partial charge in [0.2, 0.25) is 11.8 Å². The Bertz CT molecular complexity index is 759. The Morgan fingerprint density at radius 3 is 2.60 bits per heavy atom. The minimum atomic E-state index is -0.0876. The predicted octanol–water partition coefficient (Wildman–Crippen LogP) is 4.11. The van der Waals surface area contributed by atoms with Gasteiger partial charge in [0.1, 0.15) is 0 Å². The molecular weight excluding hydrogens is 332 g/mol. The van der Waals surface area contributed by atoms with E-state index in [-0.39, 0.29) is 11.8 Å². The van der Waals surface area contributed by atoms with Crippen LogP contribution in [-0.4, -0.2) is 24.1 Å². The van der Waals surface area contributed by atoms with Crippen LogP contribution in [0.3, 0.4) is 0 Å². The molecular formula is C20H22N2O2S. The molecule has 0 aromatic heterocycles. The van der Waals surface area contributed by atoms with Crippen LogP contribution in [0.1, 0.15) is 25.3 Å². The molecule has 1 aliphatic rings. The monoisotopic (exact) mass is 354 g/mol. The number of hydrogen-bond donors (Lipinski definition) is 1. The van der Waals surface area contributed by atoms with Gasteiger partial charge in [-0.1, -0.05) is 18.2 Å². The van der Waals surface area contributed by atoms with Gasteiger partial charge in [-0.3, -0.25) is 9.59 Å². The summed E-state index contributed by atoms with van der Waals surface area (Å²) in [6.07, 6.45) is 3.20. The molecule has 3 rings (SSSR count). The zero-order valence-corrected chi connectivity index (χ0v) is 15.1. The highest BCUT2D eigenvalue weighted by Gasteiger charge is 2.20. The van der Waals surface area contributed by atoms with Crippen molar-refractivity contribution in [1.29, 1.82) is 0 Å². The van der Waals surface area contributed by atoms with Gasteiger partial charge >= 0.3 is 0 Å². The van der Waals surface area contributed by atoms with Crippen LogP contribution in [-0.2, 0) is 16.0 Å². The van der Waals surface area contributed by atoms with Crippen LogP contribution in [0, 0.1) is 0 Å². The molecule has 1 aliphatic heterocycles. The average Bonchev–Trinajstić information content (AvgIpc) is 2.83. The van der Waals surface area contributed by atoms with E-state index in [9.17, 15) is 9.59 Å². The van der Waals surface area contributed by atoms with Crippen LogP contribution in [0.4, 0.5) is 11.4 Å². The lowest BCUT2D eigenvalue weighted by molar-refractivity contribution is -0.116. The van der Waals surface area contributed by atoms with Gasteiger partial charge in [-0.15, -0.1) is 11.8 Å². The number of hydrogen-bond acceptors (Lipinski definition) is 3. The van der Waals surface area contributed by atoms with E-state index in [0.29, 0.717) is 5.75 Å². The average molecular weight is 354 g/mol. The highest BCUT2D eigenvalue weighted by molar-refractivity contribution is 8.00. The van der Waals surface area contributed by atoms with Crippen molar-refractivity contribution in [2.75, 3.05) is 22.5 Å². The van der Waals surface area contributed by atoms with Crippen LogP contribution < -0.4 is 10.2 Å². The van der Waals surface area contributed by atoms with E-state index >= 15 is 0 Å². The van der Waals surface area contributed by atoms with E-state index in [1.54, 1.807) is 0 Å². The summed E-state index contributed by atoms with van der Waals surface area (Å²) in [5.74, 6) is 0.467. The van der Waals surface area contributed by atoms with Gasteiger partial charge in [0.15, 0.2) is 0 Å². The second kappa shape index (κ2) is 8.21. The summed E-state index contributed by atoms with van der Waals surface area (Å²) in [6.45, 7) is 2.28. The molecule has 0 unspecified atom stereocenters. The normalized spacial score (nSPS) is 13.7. The van der Waals surface area contributed by atoms with E-state index < -0.39 is 0 Å². The number of carbonyl (C=O) groups is 2. The number of carbonyl (C=O) groups excluding carboxylic acids is 2. The third-order valence-electron chi connectivity index (χ3n) is 4.20. The van der Waals surface area contributed by atoms with Crippen molar-refractivity contribution in [3.8, 4) is 0 Å². The van der Waals surface area contributed by atoms with Gasteiger partial charge in [0.25, 0.3) is 0 Å². The summed E-state index contributed by atoms with van der Waals surface area (Å²) in [5, 5.41) is 2.74. The molecule has 0 aliphatic carbocycles. The van der Waals surface area contributed by atoms with E-state index in [1.165, 1.54) is 24.2 Å². The van der Waals surface area contributed by atoms with Crippen LogP contribution in [0.25, 0.3) is 0 Å². The summed E-state index contributed by atoms with van der Waals surface area (Å²) in [5.41, 5.74) is 3.09. The highest BCUT2D eigenvalue weighted by Crippen LogP contribution is 2.28. The molecule has 1 N–H and O–H groups in total. The number of nitrogens with one attached hydrogen (secondary N) is 1. The number of rotatable bonds is 4. The van der Waals surface area contributed by atoms with Gasteiger partial charge in [-0.05, 0) is 55.2 Å². The maximum atomic E-state index is 12.7. The van der Waals surface area contributed by atoms with E-state index in [1.807, 2.05) is 47.4 Å². The molecule has 25 heavy (non-hydrogen) atoms. The standard InChI is InChI=1S/C20H22N2O2S/c1-15(23)21-17-9-11-18(12-10-17)25-14-20(24)22-13-5-4-7-16-6-2-3-8-19(16)22/h2-3,6,8-12H,4-5,7,13-14H2,1H3,(H,21,23). The smallest absolute Gasteiger partial charge is 0.237 e. The highest BCUT2D eigenvalue weighted by atomic mass is 32.2. The topological polar surface area (TPSA) is 49.4 Å². The fourth-order valence-electron chi connectivity index (χ4n) is 3.01. The summed E-state index contributed by atoms with van der Waals surface area (Å²) in [4.78, 5) is 26.7. The Morgan fingerprint density at radius 2 is 1.84 bits per heavy atom. The molecule has 0 fully saturated rings. The van der Waals surface area contributed by atoms with Crippen molar-refractivity contribution < 1.29 is 9.59 Å². The van der Waals surface area contributed by atoms with Gasteiger partial charge in [-0.25, -0.2) is 0 Å². The SMILES string of the molecule is CC(=O)Nc1ccc(SCC(=O)N2CCCCc3ccccc32)cc1. The Hall–Kier alpha value is -2.27. The third-order valence-corrected chi connectivity index (χ3v) is 5.20. The molecule has 0 spiro atoms. The lowest BCUT2D eigenvalue weighted by Gasteiger charge is -2.22. The first-order valence-corrected chi connectivity index (χ1v) is 9.51. The van der Waals surface area contributed by atoms with Crippen LogP contribution >= 0.6 is 11.8 Å². The first-order chi connectivity index (χ1) is 12.1. The van der Waals surface area contributed by atoms with Gasteiger partial charge in [0.05, 0.1) is 5.75 Å². The zero-order chi connectivity index (χ0) is 17.6. The molecule has 0 radical (unpaired) electrons. The number of anilines is 2.